The fourth-order valence-electron chi connectivity index (χ4n) is 2.82. The second-order valence-corrected chi connectivity index (χ2v) is 6.11. The van der Waals surface area contributed by atoms with Crippen molar-refractivity contribution in [2.75, 3.05) is 12.4 Å². The van der Waals surface area contributed by atoms with Crippen molar-refractivity contribution in [2.45, 2.75) is 29.5 Å². The Morgan fingerprint density at radius 3 is 3.00 bits per heavy atom. The van der Waals surface area contributed by atoms with Crippen LogP contribution >= 0.6 is 11.8 Å². The Morgan fingerprint density at radius 1 is 1.42 bits per heavy atom. The molecule has 0 radical (unpaired) electrons. The highest BCUT2D eigenvalue weighted by atomic mass is 32.2. The zero-order valence-corrected chi connectivity index (χ0v) is 11.4. The molecule has 3 N–H and O–H groups in total. The average Bonchev–Trinajstić information content (AvgIpc) is 2.88. The van der Waals surface area contributed by atoms with Crippen LogP contribution in [0.2, 0.25) is 0 Å². The van der Waals surface area contributed by atoms with Crippen LogP contribution in [0.5, 0.6) is 0 Å². The predicted octanol–water partition coefficient (Wildman–Crippen LogP) is 1.01. The maximum Gasteiger partial charge on any atom is 0.230 e. The maximum absolute atomic E-state index is 11.9. The number of ether oxygens (including phenoxy) is 1. The van der Waals surface area contributed by atoms with E-state index < -0.39 is 0 Å². The third-order valence-corrected chi connectivity index (χ3v) is 4.90. The topological polar surface area (TPSA) is 64.3 Å². The van der Waals surface area contributed by atoms with E-state index in [4.69, 9.17) is 10.5 Å². The van der Waals surface area contributed by atoms with E-state index in [0.717, 1.165) is 17.9 Å². The van der Waals surface area contributed by atoms with Crippen LogP contribution in [-0.4, -0.2) is 36.5 Å². The molecule has 0 aromatic heterocycles. The van der Waals surface area contributed by atoms with Crippen molar-refractivity contribution in [2.24, 2.45) is 11.7 Å². The number of carbonyl (C=O) groups is 1. The molecule has 2 aliphatic rings. The molecule has 5 heteroatoms. The lowest BCUT2D eigenvalue weighted by Crippen LogP contribution is -2.69. The highest BCUT2D eigenvalue weighted by Gasteiger charge is 2.52. The number of thioether (sulfide) groups is 1. The van der Waals surface area contributed by atoms with Crippen molar-refractivity contribution in [1.29, 1.82) is 0 Å². The lowest BCUT2D eigenvalue weighted by Gasteiger charge is -2.45. The number of carbonyl (C=O) groups excluding carboxylic acids is 1. The number of fused-ring (bicyclic) bond motifs is 1. The van der Waals surface area contributed by atoms with Gasteiger partial charge in [0.05, 0.1) is 17.9 Å². The minimum Gasteiger partial charge on any atom is -0.376 e. The van der Waals surface area contributed by atoms with Gasteiger partial charge in [-0.2, -0.15) is 0 Å². The normalized spacial score (nSPS) is 32.5. The molecule has 1 aliphatic heterocycles. The third-order valence-electron chi connectivity index (χ3n) is 3.89. The first-order chi connectivity index (χ1) is 9.25. The van der Waals surface area contributed by atoms with Gasteiger partial charge in [-0.3, -0.25) is 4.79 Å². The molecule has 1 aromatic rings. The van der Waals surface area contributed by atoms with Crippen molar-refractivity contribution in [3.05, 3.63) is 30.3 Å². The van der Waals surface area contributed by atoms with E-state index in [9.17, 15) is 4.79 Å². The standard InChI is InChI=1S/C14H18N2O2S/c15-12-10-6-7-18-14(10)13(12)16-11(17)8-19-9-4-2-1-3-5-9/h1-5,10,12-14H,6-8,15H2,(H,16,17). The Balaban J connectivity index is 1.47. The molecule has 1 saturated carbocycles. The second kappa shape index (κ2) is 5.53. The van der Waals surface area contributed by atoms with E-state index in [2.05, 4.69) is 5.32 Å². The number of nitrogens with one attached hydrogen (secondary N) is 1. The van der Waals surface area contributed by atoms with Crippen molar-refractivity contribution in [1.82, 2.24) is 5.32 Å². The van der Waals surface area contributed by atoms with E-state index in [0.29, 0.717) is 11.7 Å². The molecule has 102 valence electrons. The van der Waals surface area contributed by atoms with E-state index in [1.165, 1.54) is 11.8 Å². The number of nitrogens with two attached hydrogens (primary N) is 1. The number of amides is 1. The Hall–Kier alpha value is -1.04. The molecule has 1 aromatic carbocycles. The van der Waals surface area contributed by atoms with E-state index in [-0.39, 0.29) is 24.1 Å². The lowest BCUT2D eigenvalue weighted by molar-refractivity contribution is -0.123. The lowest BCUT2D eigenvalue weighted by atomic mass is 9.72. The van der Waals surface area contributed by atoms with Gasteiger partial charge in [-0.05, 0) is 18.6 Å². The maximum atomic E-state index is 11.9. The second-order valence-electron chi connectivity index (χ2n) is 5.06. The Kier molecular flexibility index (Phi) is 3.77. The minimum absolute atomic E-state index is 0.00336. The number of rotatable bonds is 4. The SMILES string of the molecule is NC1C2CCOC2C1NC(=O)CSc1ccccc1. The molecule has 3 rings (SSSR count). The molecule has 1 aliphatic carbocycles. The summed E-state index contributed by atoms with van der Waals surface area (Å²) in [5, 5.41) is 3.00. The summed E-state index contributed by atoms with van der Waals surface area (Å²) in [6, 6.07) is 9.97. The van der Waals surface area contributed by atoms with Crippen LogP contribution in [0.3, 0.4) is 0 Å². The van der Waals surface area contributed by atoms with Gasteiger partial charge in [0.15, 0.2) is 0 Å². The van der Waals surface area contributed by atoms with Crippen LogP contribution in [0, 0.1) is 5.92 Å². The first kappa shape index (κ1) is 13.0. The molecule has 0 bridgehead atoms. The fraction of sp³-hybridized carbons (Fsp3) is 0.500. The monoisotopic (exact) mass is 278 g/mol. The van der Waals surface area contributed by atoms with Gasteiger partial charge in [-0.15, -0.1) is 11.8 Å². The summed E-state index contributed by atoms with van der Waals surface area (Å²) < 4.78 is 5.60. The largest absolute Gasteiger partial charge is 0.376 e. The van der Waals surface area contributed by atoms with Gasteiger partial charge in [0, 0.05) is 23.5 Å². The van der Waals surface area contributed by atoms with Gasteiger partial charge in [0.1, 0.15) is 0 Å². The van der Waals surface area contributed by atoms with Crippen LogP contribution in [0.15, 0.2) is 35.2 Å². The van der Waals surface area contributed by atoms with Crippen LogP contribution in [-0.2, 0) is 9.53 Å². The average molecular weight is 278 g/mol. The Bertz CT molecular complexity index is 454. The summed E-state index contributed by atoms with van der Waals surface area (Å²) in [6.45, 7) is 0.772. The molecule has 4 unspecified atom stereocenters. The highest BCUT2D eigenvalue weighted by Crippen LogP contribution is 2.37. The van der Waals surface area contributed by atoms with E-state index in [1.807, 2.05) is 30.3 Å². The molecule has 2 fully saturated rings. The van der Waals surface area contributed by atoms with Gasteiger partial charge < -0.3 is 15.8 Å². The smallest absolute Gasteiger partial charge is 0.230 e. The van der Waals surface area contributed by atoms with Crippen molar-refractivity contribution >= 4 is 17.7 Å². The Labute approximate surface area is 117 Å². The summed E-state index contributed by atoms with van der Waals surface area (Å²) in [5.41, 5.74) is 6.06. The molecule has 1 amide bonds. The highest BCUT2D eigenvalue weighted by molar-refractivity contribution is 8.00. The molecular weight excluding hydrogens is 260 g/mol. The van der Waals surface area contributed by atoms with Gasteiger partial charge in [-0.25, -0.2) is 0 Å². The zero-order valence-electron chi connectivity index (χ0n) is 10.6. The molecule has 4 atom stereocenters. The molecule has 0 spiro atoms. The molecule has 1 heterocycles. The zero-order chi connectivity index (χ0) is 13.2. The van der Waals surface area contributed by atoms with E-state index in [1.54, 1.807) is 0 Å². The van der Waals surface area contributed by atoms with Crippen molar-refractivity contribution in [3.8, 4) is 0 Å². The summed E-state index contributed by atoms with van der Waals surface area (Å²) >= 11 is 1.54. The van der Waals surface area contributed by atoms with Gasteiger partial charge >= 0.3 is 0 Å². The fourth-order valence-corrected chi connectivity index (χ4v) is 3.55. The summed E-state index contributed by atoms with van der Waals surface area (Å²) in [7, 11) is 0. The number of hydrogen-bond donors (Lipinski definition) is 2. The number of hydrogen-bond acceptors (Lipinski definition) is 4. The number of benzene rings is 1. The van der Waals surface area contributed by atoms with Crippen LogP contribution in [0.25, 0.3) is 0 Å². The minimum atomic E-state index is -0.00336. The van der Waals surface area contributed by atoms with Gasteiger partial charge in [0.2, 0.25) is 5.91 Å². The molecule has 19 heavy (non-hydrogen) atoms. The molecule has 4 nitrogen and oxygen atoms in total. The first-order valence-electron chi connectivity index (χ1n) is 6.60. The Morgan fingerprint density at radius 2 is 2.21 bits per heavy atom. The van der Waals surface area contributed by atoms with Gasteiger partial charge in [-0.1, -0.05) is 18.2 Å². The first-order valence-corrected chi connectivity index (χ1v) is 7.58. The third kappa shape index (κ3) is 2.63. The summed E-state index contributed by atoms with van der Waals surface area (Å²) in [5.74, 6) is 0.889. The van der Waals surface area contributed by atoms with Crippen LogP contribution < -0.4 is 11.1 Å². The van der Waals surface area contributed by atoms with Crippen molar-refractivity contribution < 1.29 is 9.53 Å². The summed E-state index contributed by atoms with van der Waals surface area (Å²) in [6.07, 6.45) is 1.16. The predicted molar refractivity (Wildman–Crippen MR) is 74.9 cm³/mol. The molecule has 1 saturated heterocycles. The van der Waals surface area contributed by atoms with E-state index >= 15 is 0 Å². The van der Waals surface area contributed by atoms with Gasteiger partial charge in [0.25, 0.3) is 0 Å². The summed E-state index contributed by atoms with van der Waals surface area (Å²) in [4.78, 5) is 13.0. The quantitative estimate of drug-likeness (QED) is 0.807. The van der Waals surface area contributed by atoms with Crippen molar-refractivity contribution in [3.63, 3.8) is 0 Å². The molecular formula is C14H18N2O2S. The van der Waals surface area contributed by atoms with Crippen LogP contribution in [0.4, 0.5) is 0 Å². The van der Waals surface area contributed by atoms with Crippen LogP contribution in [0.1, 0.15) is 6.42 Å².